The van der Waals surface area contributed by atoms with Crippen LogP contribution in [0.2, 0.25) is 0 Å². The fourth-order valence-electron chi connectivity index (χ4n) is 1.94. The molecule has 0 spiro atoms. The van der Waals surface area contributed by atoms with Gasteiger partial charge in [0.15, 0.2) is 0 Å². The normalized spacial score (nSPS) is 20.8. The largest absolute Gasteiger partial charge is 0.336 e. The van der Waals surface area contributed by atoms with E-state index in [1.54, 1.807) is 0 Å². The van der Waals surface area contributed by atoms with E-state index in [0.717, 1.165) is 29.3 Å². The number of thiophene rings is 1. The summed E-state index contributed by atoms with van der Waals surface area (Å²) in [4.78, 5) is 17.9. The van der Waals surface area contributed by atoms with Gasteiger partial charge in [0.1, 0.15) is 0 Å². The van der Waals surface area contributed by atoms with E-state index in [4.69, 9.17) is 0 Å². The molecule has 5 heteroatoms. The third kappa shape index (κ3) is 2.42. The molecular formula is C11H16N2OS2. The molecule has 1 aromatic rings. The molecule has 3 nitrogen and oxygen atoms in total. The third-order valence-electron chi connectivity index (χ3n) is 2.98. The smallest absolute Gasteiger partial charge is 0.264 e. The second-order valence-corrected chi connectivity index (χ2v) is 5.75. The first-order valence-corrected chi connectivity index (χ1v) is 6.64. The summed E-state index contributed by atoms with van der Waals surface area (Å²) in [5, 5.41) is 1.90. The number of rotatable bonds is 2. The molecule has 1 amide bonds. The Morgan fingerprint density at radius 3 is 2.88 bits per heavy atom. The summed E-state index contributed by atoms with van der Waals surface area (Å²) < 4.78 is 0. The zero-order valence-electron chi connectivity index (χ0n) is 9.51. The van der Waals surface area contributed by atoms with Crippen molar-refractivity contribution in [3.05, 3.63) is 16.3 Å². The van der Waals surface area contributed by atoms with Gasteiger partial charge in [-0.3, -0.25) is 4.79 Å². The maximum absolute atomic E-state index is 12.1. The number of carbonyl (C=O) groups excluding carboxylic acids is 1. The first kappa shape index (κ1) is 12.0. The number of thiol groups is 1. The van der Waals surface area contributed by atoms with Gasteiger partial charge in [-0.2, -0.15) is 0 Å². The van der Waals surface area contributed by atoms with Gasteiger partial charge in [0.2, 0.25) is 0 Å². The molecule has 1 unspecified atom stereocenters. The molecule has 1 atom stereocenters. The molecule has 16 heavy (non-hydrogen) atoms. The van der Waals surface area contributed by atoms with Crippen molar-refractivity contribution in [3.8, 4) is 0 Å². The van der Waals surface area contributed by atoms with Crippen LogP contribution in [0, 0.1) is 0 Å². The zero-order valence-corrected chi connectivity index (χ0v) is 11.2. The number of hydrogen-bond donors (Lipinski definition) is 1. The van der Waals surface area contributed by atoms with Gasteiger partial charge in [-0.25, -0.2) is 0 Å². The lowest BCUT2D eigenvalue weighted by Gasteiger charge is -2.19. The summed E-state index contributed by atoms with van der Waals surface area (Å²) in [6.07, 6.45) is 1.07. The van der Waals surface area contributed by atoms with Crippen molar-refractivity contribution in [1.82, 2.24) is 9.80 Å². The highest BCUT2D eigenvalue weighted by atomic mass is 32.1. The van der Waals surface area contributed by atoms with Crippen LogP contribution in [0.15, 0.2) is 16.3 Å². The van der Waals surface area contributed by atoms with Crippen LogP contribution in [0.5, 0.6) is 0 Å². The van der Waals surface area contributed by atoms with Gasteiger partial charge < -0.3 is 9.80 Å². The fourth-order valence-corrected chi connectivity index (χ4v) is 3.06. The van der Waals surface area contributed by atoms with E-state index < -0.39 is 0 Å². The number of amides is 1. The Labute approximate surface area is 105 Å². The summed E-state index contributed by atoms with van der Waals surface area (Å²) >= 11 is 5.70. The average molecular weight is 256 g/mol. The predicted molar refractivity (Wildman–Crippen MR) is 69.6 cm³/mol. The lowest BCUT2D eigenvalue weighted by Crippen LogP contribution is -2.34. The van der Waals surface area contributed by atoms with Gasteiger partial charge in [0.25, 0.3) is 5.91 Å². The Morgan fingerprint density at radius 2 is 2.38 bits per heavy atom. The summed E-state index contributed by atoms with van der Waals surface area (Å²) in [5.74, 6) is 0.148. The van der Waals surface area contributed by atoms with Crippen LogP contribution in [0.1, 0.15) is 16.1 Å². The lowest BCUT2D eigenvalue weighted by atomic mass is 10.2. The van der Waals surface area contributed by atoms with Crippen LogP contribution in [-0.4, -0.2) is 48.9 Å². The minimum absolute atomic E-state index is 0.148. The van der Waals surface area contributed by atoms with Crippen molar-refractivity contribution in [1.29, 1.82) is 0 Å². The molecule has 0 aliphatic carbocycles. The number of likely N-dealkylation sites (N-methyl/N-ethyl adjacent to an activating group) is 1. The van der Waals surface area contributed by atoms with Crippen LogP contribution in [0.4, 0.5) is 0 Å². The molecule has 88 valence electrons. The SMILES string of the molecule is CN(C)C1CCN(C(=O)c2cc(S)cs2)C1. The summed E-state index contributed by atoms with van der Waals surface area (Å²) in [6.45, 7) is 1.70. The molecule has 0 radical (unpaired) electrons. The Hall–Kier alpha value is -0.520. The van der Waals surface area contributed by atoms with E-state index in [1.165, 1.54) is 11.3 Å². The summed E-state index contributed by atoms with van der Waals surface area (Å²) in [7, 11) is 4.13. The maximum Gasteiger partial charge on any atom is 0.264 e. The molecule has 1 saturated heterocycles. The molecule has 1 fully saturated rings. The van der Waals surface area contributed by atoms with E-state index in [0.29, 0.717) is 6.04 Å². The van der Waals surface area contributed by atoms with E-state index in [9.17, 15) is 4.79 Å². The lowest BCUT2D eigenvalue weighted by molar-refractivity contribution is 0.0787. The van der Waals surface area contributed by atoms with E-state index in [1.807, 2.05) is 16.3 Å². The molecule has 0 N–H and O–H groups in total. The third-order valence-corrected chi connectivity index (χ3v) is 4.33. The Kier molecular flexibility index (Phi) is 3.56. The average Bonchev–Trinajstić information content (AvgIpc) is 2.84. The van der Waals surface area contributed by atoms with Crippen molar-refractivity contribution in [2.75, 3.05) is 27.2 Å². The molecule has 2 heterocycles. The molecule has 0 aromatic carbocycles. The maximum atomic E-state index is 12.1. The second-order valence-electron chi connectivity index (χ2n) is 4.33. The molecule has 2 rings (SSSR count). The van der Waals surface area contributed by atoms with Crippen LogP contribution in [0.25, 0.3) is 0 Å². The van der Waals surface area contributed by atoms with Crippen molar-refractivity contribution < 1.29 is 4.79 Å². The Balaban J connectivity index is 2.02. The Bertz CT molecular complexity index is 389. The first-order valence-electron chi connectivity index (χ1n) is 5.31. The van der Waals surface area contributed by atoms with E-state index in [-0.39, 0.29) is 5.91 Å². The van der Waals surface area contributed by atoms with Gasteiger partial charge in [0, 0.05) is 29.4 Å². The minimum Gasteiger partial charge on any atom is -0.336 e. The van der Waals surface area contributed by atoms with Crippen molar-refractivity contribution in [2.45, 2.75) is 17.4 Å². The predicted octanol–water partition coefficient (Wildman–Crippen LogP) is 1.81. The van der Waals surface area contributed by atoms with Crippen LogP contribution >= 0.6 is 24.0 Å². The van der Waals surface area contributed by atoms with Gasteiger partial charge in [0.05, 0.1) is 4.88 Å². The van der Waals surface area contributed by atoms with Gasteiger partial charge in [-0.1, -0.05) is 0 Å². The second kappa shape index (κ2) is 4.77. The molecule has 1 aliphatic rings. The van der Waals surface area contributed by atoms with Gasteiger partial charge >= 0.3 is 0 Å². The molecular weight excluding hydrogens is 240 g/mol. The number of carbonyl (C=O) groups is 1. The minimum atomic E-state index is 0.148. The number of hydrogen-bond acceptors (Lipinski definition) is 4. The van der Waals surface area contributed by atoms with E-state index in [2.05, 4.69) is 31.6 Å². The van der Waals surface area contributed by atoms with E-state index >= 15 is 0 Å². The standard InChI is InChI=1S/C11H16N2OS2/c1-12(2)8-3-4-13(6-8)11(14)10-5-9(15)7-16-10/h5,7-8,15H,3-4,6H2,1-2H3. The van der Waals surface area contributed by atoms with Crippen molar-refractivity contribution in [2.24, 2.45) is 0 Å². The monoisotopic (exact) mass is 256 g/mol. The zero-order chi connectivity index (χ0) is 11.7. The van der Waals surface area contributed by atoms with Gasteiger partial charge in [-0.05, 0) is 26.6 Å². The fraction of sp³-hybridized carbons (Fsp3) is 0.545. The van der Waals surface area contributed by atoms with Crippen molar-refractivity contribution >= 4 is 29.9 Å². The molecule has 1 aliphatic heterocycles. The molecule has 1 aromatic heterocycles. The summed E-state index contributed by atoms with van der Waals surface area (Å²) in [6, 6.07) is 2.35. The van der Waals surface area contributed by atoms with Crippen LogP contribution < -0.4 is 0 Å². The highest BCUT2D eigenvalue weighted by Gasteiger charge is 2.28. The summed E-state index contributed by atoms with van der Waals surface area (Å²) in [5.41, 5.74) is 0. The topological polar surface area (TPSA) is 23.6 Å². The van der Waals surface area contributed by atoms with Crippen molar-refractivity contribution in [3.63, 3.8) is 0 Å². The van der Waals surface area contributed by atoms with Crippen LogP contribution in [-0.2, 0) is 0 Å². The number of nitrogens with zero attached hydrogens (tertiary/aromatic N) is 2. The quantitative estimate of drug-likeness (QED) is 0.816. The van der Waals surface area contributed by atoms with Gasteiger partial charge in [-0.15, -0.1) is 24.0 Å². The Morgan fingerprint density at radius 1 is 1.62 bits per heavy atom. The first-order chi connectivity index (χ1) is 7.58. The highest BCUT2D eigenvalue weighted by molar-refractivity contribution is 7.80. The highest BCUT2D eigenvalue weighted by Crippen LogP contribution is 2.22. The molecule has 0 saturated carbocycles. The number of likely N-dealkylation sites (tertiary alicyclic amines) is 1. The molecule has 0 bridgehead atoms. The van der Waals surface area contributed by atoms with Crippen LogP contribution in [0.3, 0.4) is 0 Å².